The van der Waals surface area contributed by atoms with Crippen molar-refractivity contribution < 1.29 is 0 Å². The van der Waals surface area contributed by atoms with Crippen molar-refractivity contribution in [1.29, 1.82) is 0 Å². The van der Waals surface area contributed by atoms with Gasteiger partial charge in [-0.3, -0.25) is 16.0 Å². The Labute approximate surface area is 98.2 Å². The lowest BCUT2D eigenvalue weighted by atomic mass is 9.94. The van der Waals surface area contributed by atoms with Gasteiger partial charge in [-0.2, -0.15) is 5.10 Å². The molecule has 2 atom stereocenters. The van der Waals surface area contributed by atoms with E-state index in [9.17, 15) is 0 Å². The number of aromatic nitrogens is 2. The van der Waals surface area contributed by atoms with E-state index < -0.39 is 0 Å². The highest BCUT2D eigenvalue weighted by molar-refractivity contribution is 5.19. The van der Waals surface area contributed by atoms with Gasteiger partial charge in [0.25, 0.3) is 0 Å². The lowest BCUT2D eigenvalue weighted by molar-refractivity contribution is 0.393. The standard InChI is InChI=1S/C12H24N4/c1-5-6-9(2)7-12(14-13)11-8-16(4)15-10(11)3/h8-9,12,14H,5-7,13H2,1-4H3. The zero-order valence-electron chi connectivity index (χ0n) is 10.8. The minimum absolute atomic E-state index is 0.218. The van der Waals surface area contributed by atoms with Crippen LogP contribution in [0.5, 0.6) is 0 Å². The van der Waals surface area contributed by atoms with Crippen LogP contribution in [0.1, 0.15) is 50.4 Å². The van der Waals surface area contributed by atoms with Gasteiger partial charge in [-0.1, -0.05) is 26.7 Å². The Morgan fingerprint density at radius 3 is 2.69 bits per heavy atom. The first-order chi connectivity index (χ1) is 7.58. The van der Waals surface area contributed by atoms with Gasteiger partial charge in [0.15, 0.2) is 0 Å². The lowest BCUT2D eigenvalue weighted by Crippen LogP contribution is -2.29. The van der Waals surface area contributed by atoms with Crippen LogP contribution in [0.25, 0.3) is 0 Å². The summed E-state index contributed by atoms with van der Waals surface area (Å²) in [6.45, 7) is 6.53. The van der Waals surface area contributed by atoms with E-state index in [-0.39, 0.29) is 6.04 Å². The maximum atomic E-state index is 5.64. The first-order valence-corrected chi connectivity index (χ1v) is 6.04. The summed E-state index contributed by atoms with van der Waals surface area (Å²) in [5, 5.41) is 4.35. The maximum absolute atomic E-state index is 5.64. The summed E-state index contributed by atoms with van der Waals surface area (Å²) in [5.41, 5.74) is 5.19. The minimum atomic E-state index is 0.218. The Morgan fingerprint density at radius 2 is 2.25 bits per heavy atom. The number of hydrazine groups is 1. The van der Waals surface area contributed by atoms with Gasteiger partial charge in [0.1, 0.15) is 0 Å². The molecule has 0 saturated heterocycles. The van der Waals surface area contributed by atoms with Crippen LogP contribution in [0.3, 0.4) is 0 Å². The number of nitrogens with two attached hydrogens (primary N) is 1. The molecule has 0 radical (unpaired) electrons. The van der Waals surface area contributed by atoms with E-state index in [1.807, 2.05) is 18.7 Å². The first-order valence-electron chi connectivity index (χ1n) is 6.04. The van der Waals surface area contributed by atoms with Gasteiger partial charge in [0, 0.05) is 24.8 Å². The fourth-order valence-corrected chi connectivity index (χ4v) is 2.26. The van der Waals surface area contributed by atoms with Crippen molar-refractivity contribution in [3.05, 3.63) is 17.5 Å². The van der Waals surface area contributed by atoms with Crippen molar-refractivity contribution in [3.63, 3.8) is 0 Å². The maximum Gasteiger partial charge on any atom is 0.0641 e. The van der Waals surface area contributed by atoms with Gasteiger partial charge >= 0.3 is 0 Å². The summed E-state index contributed by atoms with van der Waals surface area (Å²) in [7, 11) is 1.94. The molecule has 0 aliphatic carbocycles. The number of nitrogens with one attached hydrogen (secondary N) is 1. The van der Waals surface area contributed by atoms with Gasteiger partial charge in [0.2, 0.25) is 0 Å². The molecule has 1 aromatic rings. The van der Waals surface area contributed by atoms with Crippen molar-refractivity contribution in [1.82, 2.24) is 15.2 Å². The van der Waals surface area contributed by atoms with E-state index in [0.717, 1.165) is 12.1 Å². The van der Waals surface area contributed by atoms with Gasteiger partial charge < -0.3 is 0 Å². The third kappa shape index (κ3) is 3.32. The summed E-state index contributed by atoms with van der Waals surface area (Å²) >= 11 is 0. The molecule has 92 valence electrons. The van der Waals surface area contributed by atoms with Crippen molar-refractivity contribution in [3.8, 4) is 0 Å². The molecular formula is C12H24N4. The summed E-state index contributed by atoms with van der Waals surface area (Å²) in [4.78, 5) is 0. The summed E-state index contributed by atoms with van der Waals surface area (Å²) in [6, 6.07) is 0.218. The molecule has 0 saturated carbocycles. The molecule has 0 aliphatic heterocycles. The van der Waals surface area contributed by atoms with E-state index in [2.05, 4.69) is 30.6 Å². The van der Waals surface area contributed by atoms with E-state index in [1.165, 1.54) is 18.4 Å². The molecule has 2 unspecified atom stereocenters. The van der Waals surface area contributed by atoms with Gasteiger partial charge in [0.05, 0.1) is 5.69 Å². The van der Waals surface area contributed by atoms with E-state index in [0.29, 0.717) is 5.92 Å². The van der Waals surface area contributed by atoms with Gasteiger partial charge in [-0.15, -0.1) is 0 Å². The predicted molar refractivity (Wildman–Crippen MR) is 66.7 cm³/mol. The molecule has 0 spiro atoms. The molecule has 3 N–H and O–H groups in total. The number of hydrogen-bond acceptors (Lipinski definition) is 3. The molecule has 0 aromatic carbocycles. The van der Waals surface area contributed by atoms with Crippen LogP contribution in [0, 0.1) is 12.8 Å². The Bertz CT molecular complexity index is 319. The lowest BCUT2D eigenvalue weighted by Gasteiger charge is -2.19. The quantitative estimate of drug-likeness (QED) is 0.574. The molecule has 0 bridgehead atoms. The second-order valence-electron chi connectivity index (χ2n) is 4.69. The van der Waals surface area contributed by atoms with Crippen LogP contribution in [-0.2, 0) is 7.05 Å². The average molecular weight is 224 g/mol. The summed E-state index contributed by atoms with van der Waals surface area (Å²) in [5.74, 6) is 6.33. The largest absolute Gasteiger partial charge is 0.275 e. The van der Waals surface area contributed by atoms with Crippen molar-refractivity contribution in [2.75, 3.05) is 0 Å². The predicted octanol–water partition coefficient (Wildman–Crippen LogP) is 2.06. The molecule has 1 aromatic heterocycles. The fourth-order valence-electron chi connectivity index (χ4n) is 2.26. The topological polar surface area (TPSA) is 55.9 Å². The highest BCUT2D eigenvalue weighted by atomic mass is 15.3. The average Bonchev–Trinajstić information content (AvgIpc) is 2.55. The monoisotopic (exact) mass is 224 g/mol. The zero-order valence-corrected chi connectivity index (χ0v) is 10.8. The third-order valence-electron chi connectivity index (χ3n) is 3.05. The second kappa shape index (κ2) is 6.01. The van der Waals surface area contributed by atoms with Crippen molar-refractivity contribution >= 4 is 0 Å². The van der Waals surface area contributed by atoms with Crippen molar-refractivity contribution in [2.45, 2.75) is 46.1 Å². The Balaban J connectivity index is 2.70. The summed E-state index contributed by atoms with van der Waals surface area (Å²) in [6.07, 6.45) is 5.59. The molecule has 1 rings (SSSR count). The fraction of sp³-hybridized carbons (Fsp3) is 0.750. The molecule has 16 heavy (non-hydrogen) atoms. The highest BCUT2D eigenvalue weighted by Gasteiger charge is 2.17. The first kappa shape index (κ1) is 13.2. The molecular weight excluding hydrogens is 200 g/mol. The number of rotatable bonds is 6. The van der Waals surface area contributed by atoms with Crippen molar-refractivity contribution in [2.24, 2.45) is 18.8 Å². The SMILES string of the molecule is CCCC(C)CC(NN)c1cn(C)nc1C. The molecule has 4 heteroatoms. The van der Waals surface area contributed by atoms with Crippen LogP contribution in [0.4, 0.5) is 0 Å². The Kier molecular flexibility index (Phi) is 4.96. The summed E-state index contributed by atoms with van der Waals surface area (Å²) < 4.78 is 1.85. The van der Waals surface area contributed by atoms with E-state index in [1.54, 1.807) is 0 Å². The molecule has 0 aliphatic rings. The van der Waals surface area contributed by atoms with E-state index in [4.69, 9.17) is 5.84 Å². The van der Waals surface area contributed by atoms with Gasteiger partial charge in [-0.05, 0) is 19.3 Å². The van der Waals surface area contributed by atoms with Crippen LogP contribution < -0.4 is 11.3 Å². The second-order valence-corrected chi connectivity index (χ2v) is 4.69. The van der Waals surface area contributed by atoms with Gasteiger partial charge in [-0.25, -0.2) is 0 Å². The van der Waals surface area contributed by atoms with Crippen LogP contribution in [0.15, 0.2) is 6.20 Å². The number of hydrogen-bond donors (Lipinski definition) is 2. The third-order valence-corrected chi connectivity index (χ3v) is 3.05. The molecule has 0 fully saturated rings. The van der Waals surface area contributed by atoms with Crippen LogP contribution in [0.2, 0.25) is 0 Å². The smallest absolute Gasteiger partial charge is 0.0641 e. The normalized spacial score (nSPS) is 15.1. The molecule has 1 heterocycles. The molecule has 4 nitrogen and oxygen atoms in total. The van der Waals surface area contributed by atoms with E-state index >= 15 is 0 Å². The Hall–Kier alpha value is -0.870. The minimum Gasteiger partial charge on any atom is -0.275 e. The number of nitrogens with zero attached hydrogens (tertiary/aromatic N) is 2. The molecule has 0 amide bonds. The van der Waals surface area contributed by atoms with Crippen LogP contribution in [-0.4, -0.2) is 9.78 Å². The Morgan fingerprint density at radius 1 is 1.56 bits per heavy atom. The number of aryl methyl sites for hydroxylation is 2. The highest BCUT2D eigenvalue weighted by Crippen LogP contribution is 2.24. The van der Waals surface area contributed by atoms with Crippen LogP contribution >= 0.6 is 0 Å². The zero-order chi connectivity index (χ0) is 12.1.